The highest BCUT2D eigenvalue weighted by molar-refractivity contribution is 7.19. The van der Waals surface area contributed by atoms with Gasteiger partial charge in [0.05, 0.1) is 17.3 Å². The summed E-state index contributed by atoms with van der Waals surface area (Å²) < 4.78 is 0. The second kappa shape index (κ2) is 5.02. The zero-order valence-electron chi connectivity index (χ0n) is 10.9. The van der Waals surface area contributed by atoms with E-state index in [0.717, 1.165) is 34.7 Å². The number of nitrogens with one attached hydrogen (secondary N) is 1. The van der Waals surface area contributed by atoms with Crippen molar-refractivity contribution in [1.29, 1.82) is 5.26 Å². The highest BCUT2D eigenvalue weighted by Gasteiger charge is 2.15. The van der Waals surface area contributed by atoms with Gasteiger partial charge in [0.15, 0.2) is 0 Å². The highest BCUT2D eigenvalue weighted by atomic mass is 32.1. The molecule has 0 amide bonds. The molecule has 3 nitrogen and oxygen atoms in total. The molecular weight excluding hydrogens is 254 g/mol. The second-order valence-corrected chi connectivity index (χ2v) is 5.82. The first kappa shape index (κ1) is 12.2. The smallest absolute Gasteiger partial charge is 0.125 e. The van der Waals surface area contributed by atoms with Crippen molar-refractivity contribution in [2.24, 2.45) is 0 Å². The molecule has 0 fully saturated rings. The van der Waals surface area contributed by atoms with Crippen LogP contribution in [0.3, 0.4) is 0 Å². The molecule has 4 heteroatoms. The molecule has 1 aromatic heterocycles. The second-order valence-electron chi connectivity index (χ2n) is 4.82. The van der Waals surface area contributed by atoms with Crippen molar-refractivity contribution in [1.82, 2.24) is 4.98 Å². The van der Waals surface area contributed by atoms with Crippen LogP contribution in [0.2, 0.25) is 0 Å². The number of anilines is 1. The summed E-state index contributed by atoms with van der Waals surface area (Å²) in [5.41, 5.74) is 4.05. The Labute approximate surface area is 116 Å². The van der Waals surface area contributed by atoms with Gasteiger partial charge in [-0.1, -0.05) is 17.4 Å². The van der Waals surface area contributed by atoms with E-state index in [0.29, 0.717) is 0 Å². The molecule has 0 spiro atoms. The van der Waals surface area contributed by atoms with E-state index in [9.17, 15) is 0 Å². The van der Waals surface area contributed by atoms with E-state index < -0.39 is 0 Å². The van der Waals surface area contributed by atoms with Crippen molar-refractivity contribution in [3.8, 4) is 16.6 Å². The van der Waals surface area contributed by atoms with Crippen LogP contribution in [0.4, 0.5) is 5.00 Å². The fourth-order valence-electron chi connectivity index (χ4n) is 2.32. The molecule has 0 aliphatic carbocycles. The third-order valence-electron chi connectivity index (χ3n) is 3.42. The van der Waals surface area contributed by atoms with Gasteiger partial charge < -0.3 is 5.32 Å². The van der Waals surface area contributed by atoms with E-state index in [1.54, 1.807) is 11.3 Å². The third-order valence-corrected chi connectivity index (χ3v) is 4.52. The lowest BCUT2D eigenvalue weighted by Crippen LogP contribution is -1.96. The zero-order valence-corrected chi connectivity index (χ0v) is 11.7. The lowest BCUT2D eigenvalue weighted by Gasteiger charge is -2.01. The van der Waals surface area contributed by atoms with E-state index >= 15 is 0 Å². The quantitative estimate of drug-likeness (QED) is 0.858. The Morgan fingerprint density at radius 2 is 2.26 bits per heavy atom. The normalized spacial score (nSPS) is 14.1. The van der Waals surface area contributed by atoms with Crippen LogP contribution in [0, 0.1) is 18.3 Å². The van der Waals surface area contributed by atoms with Crippen LogP contribution in [0.15, 0.2) is 18.2 Å². The number of rotatable bonds is 1. The molecule has 1 aliphatic rings. The maximum absolute atomic E-state index is 8.97. The summed E-state index contributed by atoms with van der Waals surface area (Å²) >= 11 is 1.72. The summed E-state index contributed by atoms with van der Waals surface area (Å²) in [6, 6.07) is 8.12. The van der Waals surface area contributed by atoms with Crippen LogP contribution in [0.5, 0.6) is 0 Å². The third kappa shape index (κ3) is 2.34. The minimum atomic E-state index is 0.736. The van der Waals surface area contributed by atoms with Gasteiger partial charge in [-0.15, -0.1) is 0 Å². The van der Waals surface area contributed by atoms with Gasteiger partial charge in [0.1, 0.15) is 10.0 Å². The molecule has 0 unspecified atom stereocenters. The SMILES string of the molecule is Cc1cc(-c2nc3c(s2)NCCCC3)ccc1C#N. The standard InChI is InChI=1S/C15H15N3S/c1-10-8-11(5-6-12(10)9-16)14-18-13-4-2-3-7-17-15(13)19-14/h5-6,8,17H,2-4,7H2,1H3. The first-order chi connectivity index (χ1) is 9.28. The highest BCUT2D eigenvalue weighted by Crippen LogP contribution is 2.34. The van der Waals surface area contributed by atoms with Crippen molar-refractivity contribution < 1.29 is 0 Å². The van der Waals surface area contributed by atoms with Gasteiger partial charge in [-0.2, -0.15) is 5.26 Å². The Morgan fingerprint density at radius 1 is 1.37 bits per heavy atom. The van der Waals surface area contributed by atoms with Crippen molar-refractivity contribution in [2.45, 2.75) is 26.2 Å². The Balaban J connectivity index is 1.99. The number of hydrogen-bond donors (Lipinski definition) is 1. The molecular formula is C15H15N3S. The summed E-state index contributed by atoms with van der Waals surface area (Å²) in [6.07, 6.45) is 3.48. The molecule has 0 bridgehead atoms. The van der Waals surface area contributed by atoms with Crippen LogP contribution in [0.1, 0.15) is 29.7 Å². The summed E-state index contributed by atoms with van der Waals surface area (Å²) in [7, 11) is 0. The van der Waals surface area contributed by atoms with Crippen molar-refractivity contribution >= 4 is 16.3 Å². The van der Waals surface area contributed by atoms with Gasteiger partial charge in [0.2, 0.25) is 0 Å². The molecule has 1 aliphatic heterocycles. The first-order valence-corrected chi connectivity index (χ1v) is 7.34. The summed E-state index contributed by atoms with van der Waals surface area (Å²) in [5.74, 6) is 0. The van der Waals surface area contributed by atoms with E-state index in [2.05, 4.69) is 17.5 Å². The minimum Gasteiger partial charge on any atom is -0.375 e. The van der Waals surface area contributed by atoms with E-state index in [1.165, 1.54) is 23.5 Å². The van der Waals surface area contributed by atoms with Crippen molar-refractivity contribution in [3.05, 3.63) is 35.0 Å². The minimum absolute atomic E-state index is 0.736. The molecule has 1 N–H and O–H groups in total. The summed E-state index contributed by atoms with van der Waals surface area (Å²) in [6.45, 7) is 3.01. The van der Waals surface area contributed by atoms with Gasteiger partial charge in [0, 0.05) is 12.1 Å². The van der Waals surface area contributed by atoms with E-state index in [-0.39, 0.29) is 0 Å². The molecule has 3 rings (SSSR count). The van der Waals surface area contributed by atoms with Crippen LogP contribution in [-0.4, -0.2) is 11.5 Å². The van der Waals surface area contributed by atoms with Crippen LogP contribution < -0.4 is 5.32 Å². The van der Waals surface area contributed by atoms with Gasteiger partial charge in [-0.25, -0.2) is 4.98 Å². The summed E-state index contributed by atoms with van der Waals surface area (Å²) in [4.78, 5) is 4.75. The number of fused-ring (bicyclic) bond motifs is 1. The molecule has 2 aromatic rings. The van der Waals surface area contributed by atoms with Gasteiger partial charge >= 0.3 is 0 Å². The first-order valence-electron chi connectivity index (χ1n) is 6.52. The van der Waals surface area contributed by atoms with Crippen LogP contribution in [-0.2, 0) is 6.42 Å². The average Bonchev–Trinajstić information content (AvgIpc) is 2.70. The fourth-order valence-corrected chi connectivity index (χ4v) is 3.36. The number of aryl methyl sites for hydroxylation is 2. The van der Waals surface area contributed by atoms with Crippen LogP contribution >= 0.6 is 11.3 Å². The lowest BCUT2D eigenvalue weighted by molar-refractivity contribution is 0.775. The zero-order chi connectivity index (χ0) is 13.2. The Hall–Kier alpha value is -1.86. The van der Waals surface area contributed by atoms with Crippen LogP contribution in [0.25, 0.3) is 10.6 Å². The number of hydrogen-bond acceptors (Lipinski definition) is 4. The number of nitrogens with zero attached hydrogens (tertiary/aromatic N) is 2. The molecule has 0 atom stereocenters. The average molecular weight is 269 g/mol. The number of nitriles is 1. The topological polar surface area (TPSA) is 48.7 Å². The van der Waals surface area contributed by atoms with E-state index in [4.69, 9.17) is 10.2 Å². The molecule has 1 aromatic carbocycles. The van der Waals surface area contributed by atoms with Crippen molar-refractivity contribution in [2.75, 3.05) is 11.9 Å². The number of thiazole rings is 1. The predicted molar refractivity (Wildman–Crippen MR) is 78.4 cm³/mol. The number of aromatic nitrogens is 1. The Morgan fingerprint density at radius 3 is 3.05 bits per heavy atom. The largest absolute Gasteiger partial charge is 0.375 e. The molecule has 0 saturated heterocycles. The molecule has 0 saturated carbocycles. The molecule has 2 heterocycles. The van der Waals surface area contributed by atoms with Gasteiger partial charge in [-0.05, 0) is 43.9 Å². The maximum atomic E-state index is 8.97. The monoisotopic (exact) mass is 269 g/mol. The fraction of sp³-hybridized carbons (Fsp3) is 0.333. The van der Waals surface area contributed by atoms with Gasteiger partial charge in [0.25, 0.3) is 0 Å². The van der Waals surface area contributed by atoms with Crippen molar-refractivity contribution in [3.63, 3.8) is 0 Å². The van der Waals surface area contributed by atoms with Gasteiger partial charge in [-0.3, -0.25) is 0 Å². The summed E-state index contributed by atoms with van der Waals surface area (Å²) in [5, 5.41) is 14.7. The maximum Gasteiger partial charge on any atom is 0.125 e. The molecule has 96 valence electrons. The molecule has 19 heavy (non-hydrogen) atoms. The Kier molecular flexibility index (Phi) is 3.22. The Bertz CT molecular complexity index is 628. The predicted octanol–water partition coefficient (Wildman–Crippen LogP) is 3.74. The number of benzene rings is 1. The molecule has 0 radical (unpaired) electrons. The lowest BCUT2D eigenvalue weighted by atomic mass is 10.1. The van der Waals surface area contributed by atoms with E-state index in [1.807, 2.05) is 19.1 Å².